The van der Waals surface area contributed by atoms with Crippen molar-refractivity contribution in [2.45, 2.75) is 30.8 Å². The molecule has 1 unspecified atom stereocenters. The average molecular weight is 356 g/mol. The third kappa shape index (κ3) is 4.07. The van der Waals surface area contributed by atoms with E-state index in [0.717, 1.165) is 15.2 Å². The van der Waals surface area contributed by atoms with Gasteiger partial charge in [-0.1, -0.05) is 29.8 Å². The molecule has 2 N–H and O–H groups in total. The van der Waals surface area contributed by atoms with Crippen molar-refractivity contribution in [1.29, 1.82) is 0 Å². The Balaban J connectivity index is 2.03. The molecule has 0 aliphatic carbocycles. The number of aromatic nitrogens is 3. The molecule has 0 aliphatic rings. The summed E-state index contributed by atoms with van der Waals surface area (Å²) in [6.45, 7) is 4.05. The monoisotopic (exact) mass is 355 g/mol. The lowest BCUT2D eigenvalue weighted by Crippen LogP contribution is -2.40. The maximum atomic E-state index is 10.9. The van der Waals surface area contributed by atoms with Gasteiger partial charge in [-0.05, 0) is 30.2 Å². The van der Waals surface area contributed by atoms with Crippen LogP contribution in [0.2, 0.25) is 0 Å². The topological polar surface area (TPSA) is 61.8 Å². The molecule has 1 aromatic carbocycles. The molecule has 108 valence electrons. The number of rotatable bonds is 6. The largest absolute Gasteiger partial charge is 0.388 e. The van der Waals surface area contributed by atoms with Crippen molar-refractivity contribution >= 4 is 27.7 Å². The van der Waals surface area contributed by atoms with Crippen molar-refractivity contribution in [1.82, 2.24) is 15.2 Å². The first kappa shape index (κ1) is 15.5. The van der Waals surface area contributed by atoms with Crippen LogP contribution >= 0.6 is 27.7 Å². The molecule has 0 bridgehead atoms. The molecule has 20 heavy (non-hydrogen) atoms. The lowest BCUT2D eigenvalue weighted by molar-refractivity contribution is 0.0171. The van der Waals surface area contributed by atoms with Crippen molar-refractivity contribution in [2.75, 3.05) is 5.75 Å². The molecule has 1 aromatic heterocycles. The molecule has 0 fully saturated rings. The molecule has 6 heteroatoms. The van der Waals surface area contributed by atoms with Gasteiger partial charge in [0, 0.05) is 21.5 Å². The summed E-state index contributed by atoms with van der Waals surface area (Å²) in [6.07, 6.45) is 1.95. The minimum atomic E-state index is -0.808. The number of halogens is 1. The van der Waals surface area contributed by atoms with Gasteiger partial charge in [0.2, 0.25) is 0 Å². The van der Waals surface area contributed by atoms with Crippen LogP contribution in [0.15, 0.2) is 40.0 Å². The van der Waals surface area contributed by atoms with Crippen molar-refractivity contribution in [3.8, 4) is 0 Å². The first-order valence-electron chi connectivity index (χ1n) is 6.44. The Morgan fingerprint density at radius 3 is 2.60 bits per heavy atom. The van der Waals surface area contributed by atoms with Gasteiger partial charge in [0.15, 0.2) is 0 Å². The fourth-order valence-corrected chi connectivity index (χ4v) is 3.21. The Morgan fingerprint density at radius 2 is 2.05 bits per heavy atom. The predicted octanol–water partition coefficient (Wildman–Crippen LogP) is 3.29. The Bertz CT molecular complexity index is 530. The zero-order chi connectivity index (χ0) is 14.6. The van der Waals surface area contributed by atoms with Crippen LogP contribution in [0.4, 0.5) is 0 Å². The molecule has 0 radical (unpaired) electrons. The summed E-state index contributed by atoms with van der Waals surface area (Å²) in [5.74, 6) is 1.47. The number of hydrogen-bond donors (Lipinski definition) is 2. The van der Waals surface area contributed by atoms with Crippen LogP contribution in [0.1, 0.15) is 19.7 Å². The van der Waals surface area contributed by atoms with E-state index in [0.29, 0.717) is 12.2 Å². The normalized spacial score (nSPS) is 14.4. The highest BCUT2D eigenvalue weighted by Gasteiger charge is 2.32. The molecule has 0 aliphatic heterocycles. The van der Waals surface area contributed by atoms with Crippen molar-refractivity contribution in [3.63, 3.8) is 0 Å². The second kappa shape index (κ2) is 6.74. The van der Waals surface area contributed by atoms with Crippen LogP contribution < -0.4 is 0 Å². The van der Waals surface area contributed by atoms with Crippen molar-refractivity contribution in [2.24, 2.45) is 5.92 Å². The Kier molecular flexibility index (Phi) is 5.23. The summed E-state index contributed by atoms with van der Waals surface area (Å²) < 4.78 is 1.06. The van der Waals surface area contributed by atoms with E-state index in [1.54, 1.807) is 11.8 Å². The van der Waals surface area contributed by atoms with E-state index in [2.05, 4.69) is 31.1 Å². The zero-order valence-corrected chi connectivity index (χ0v) is 13.9. The van der Waals surface area contributed by atoms with Crippen LogP contribution in [0.3, 0.4) is 0 Å². The summed E-state index contributed by atoms with van der Waals surface area (Å²) in [5, 5.41) is 17.5. The van der Waals surface area contributed by atoms with Gasteiger partial charge in [-0.3, -0.25) is 5.10 Å². The minimum absolute atomic E-state index is 0.135. The summed E-state index contributed by atoms with van der Waals surface area (Å²) in [6, 6.07) is 8.11. The number of aromatic amines is 1. The summed E-state index contributed by atoms with van der Waals surface area (Å²) >= 11 is 5.07. The number of H-pyrrole nitrogens is 1. The number of nitrogens with one attached hydrogen (secondary N) is 1. The van der Waals surface area contributed by atoms with E-state index in [1.165, 1.54) is 6.33 Å². The highest BCUT2D eigenvalue weighted by Crippen LogP contribution is 2.30. The van der Waals surface area contributed by atoms with E-state index in [1.807, 2.05) is 38.1 Å². The van der Waals surface area contributed by atoms with Gasteiger partial charge in [-0.15, -0.1) is 11.8 Å². The Labute approximate surface area is 131 Å². The van der Waals surface area contributed by atoms with Gasteiger partial charge >= 0.3 is 0 Å². The summed E-state index contributed by atoms with van der Waals surface area (Å²) in [4.78, 5) is 5.25. The number of benzene rings is 1. The van der Waals surface area contributed by atoms with Crippen molar-refractivity contribution < 1.29 is 5.11 Å². The fraction of sp³-hybridized carbons (Fsp3) is 0.429. The molecule has 0 saturated heterocycles. The molecular weight excluding hydrogens is 338 g/mol. The standard InChI is InChI=1S/C14H18BrN3OS/c1-10(2)14(19,7-13-16-9-17-18-13)8-20-12-5-3-11(15)4-6-12/h3-6,9-10,19H,7-8H2,1-2H3,(H,16,17,18). The van der Waals surface area contributed by atoms with Gasteiger partial charge in [0.25, 0.3) is 0 Å². The van der Waals surface area contributed by atoms with E-state index in [9.17, 15) is 5.11 Å². The van der Waals surface area contributed by atoms with E-state index >= 15 is 0 Å². The Hall–Kier alpha value is -0.850. The first-order chi connectivity index (χ1) is 9.49. The van der Waals surface area contributed by atoms with Crippen molar-refractivity contribution in [3.05, 3.63) is 40.9 Å². The van der Waals surface area contributed by atoms with Gasteiger partial charge in [-0.2, -0.15) is 5.10 Å². The van der Waals surface area contributed by atoms with Crippen LogP contribution in [0.5, 0.6) is 0 Å². The zero-order valence-electron chi connectivity index (χ0n) is 11.5. The third-order valence-electron chi connectivity index (χ3n) is 3.32. The SMILES string of the molecule is CC(C)C(O)(CSc1ccc(Br)cc1)Cc1ncn[nH]1. The molecule has 0 amide bonds. The van der Waals surface area contributed by atoms with E-state index in [-0.39, 0.29) is 5.92 Å². The number of aliphatic hydroxyl groups is 1. The van der Waals surface area contributed by atoms with Gasteiger partial charge < -0.3 is 5.11 Å². The van der Waals surface area contributed by atoms with Gasteiger partial charge in [0.05, 0.1) is 5.60 Å². The highest BCUT2D eigenvalue weighted by atomic mass is 79.9. The first-order valence-corrected chi connectivity index (χ1v) is 8.22. The molecular formula is C14H18BrN3OS. The lowest BCUT2D eigenvalue weighted by Gasteiger charge is -2.31. The van der Waals surface area contributed by atoms with Crippen LogP contribution in [0.25, 0.3) is 0 Å². The molecule has 0 spiro atoms. The van der Waals surface area contributed by atoms with Gasteiger partial charge in [0.1, 0.15) is 12.2 Å². The highest BCUT2D eigenvalue weighted by molar-refractivity contribution is 9.10. The molecule has 0 saturated carbocycles. The predicted molar refractivity (Wildman–Crippen MR) is 84.7 cm³/mol. The molecule has 2 aromatic rings. The maximum Gasteiger partial charge on any atom is 0.137 e. The smallest absolute Gasteiger partial charge is 0.137 e. The number of thioether (sulfide) groups is 1. The maximum absolute atomic E-state index is 10.9. The number of nitrogens with zero attached hydrogens (tertiary/aromatic N) is 2. The van der Waals surface area contributed by atoms with Gasteiger partial charge in [-0.25, -0.2) is 4.98 Å². The van der Waals surface area contributed by atoms with Crippen LogP contribution in [0, 0.1) is 5.92 Å². The number of hydrogen-bond acceptors (Lipinski definition) is 4. The second-order valence-corrected chi connectivity index (χ2v) is 7.07. The van der Waals surface area contributed by atoms with Crippen LogP contribution in [-0.2, 0) is 6.42 Å². The Morgan fingerprint density at radius 1 is 1.35 bits per heavy atom. The molecule has 2 rings (SSSR count). The lowest BCUT2D eigenvalue weighted by atomic mass is 9.89. The molecule has 1 heterocycles. The minimum Gasteiger partial charge on any atom is -0.388 e. The average Bonchev–Trinajstić information content (AvgIpc) is 2.90. The van der Waals surface area contributed by atoms with E-state index < -0.39 is 5.60 Å². The quantitative estimate of drug-likeness (QED) is 0.780. The van der Waals surface area contributed by atoms with Crippen LogP contribution in [-0.4, -0.2) is 31.6 Å². The fourth-order valence-electron chi connectivity index (χ4n) is 1.77. The summed E-state index contributed by atoms with van der Waals surface area (Å²) in [5.41, 5.74) is -0.808. The molecule has 4 nitrogen and oxygen atoms in total. The second-order valence-electron chi connectivity index (χ2n) is 5.11. The summed E-state index contributed by atoms with van der Waals surface area (Å²) in [7, 11) is 0. The molecule has 1 atom stereocenters. The third-order valence-corrected chi connectivity index (χ3v) is 5.09. The van der Waals surface area contributed by atoms with E-state index in [4.69, 9.17) is 0 Å².